The van der Waals surface area contributed by atoms with Crippen molar-refractivity contribution in [2.24, 2.45) is 0 Å². The molecule has 0 N–H and O–H groups in total. The van der Waals surface area contributed by atoms with Crippen LogP contribution in [0, 0.1) is 0 Å². The minimum absolute atomic E-state index is 0.00818. The number of benzene rings is 1. The highest BCUT2D eigenvalue weighted by Gasteiger charge is 2.51. The van der Waals surface area contributed by atoms with Gasteiger partial charge in [0.15, 0.2) is 0 Å². The molecule has 1 aromatic rings. The second-order valence-corrected chi connectivity index (χ2v) is 7.09. The molecule has 3 atom stereocenters. The lowest BCUT2D eigenvalue weighted by atomic mass is 9.79. The van der Waals surface area contributed by atoms with Gasteiger partial charge < -0.3 is 14.2 Å². The quantitative estimate of drug-likeness (QED) is 0.762. The normalized spacial score (nSPS) is 30.3. The van der Waals surface area contributed by atoms with Gasteiger partial charge >= 0.3 is 0 Å². The Morgan fingerprint density at radius 1 is 1.21 bits per heavy atom. The number of hydrogen-bond donors (Lipinski definition) is 0. The smallest absolute Gasteiger partial charge is 0.123 e. The van der Waals surface area contributed by atoms with E-state index in [0.29, 0.717) is 12.1 Å². The van der Waals surface area contributed by atoms with Crippen LogP contribution in [0.5, 0.6) is 5.75 Å². The molecule has 0 bridgehead atoms. The summed E-state index contributed by atoms with van der Waals surface area (Å²) in [6, 6.07) is 8.87. The third-order valence-electron chi connectivity index (χ3n) is 5.79. The Bertz CT molecular complexity index is 535. The lowest BCUT2D eigenvalue weighted by Gasteiger charge is -2.43. The number of methoxy groups -OCH3 is 2. The van der Waals surface area contributed by atoms with Crippen LogP contribution < -0.4 is 4.74 Å². The van der Waals surface area contributed by atoms with Crippen molar-refractivity contribution in [2.45, 2.75) is 63.3 Å². The summed E-state index contributed by atoms with van der Waals surface area (Å²) >= 11 is 0. The van der Waals surface area contributed by atoms with Crippen LogP contribution in [0.15, 0.2) is 24.3 Å². The molecule has 0 aromatic heterocycles. The van der Waals surface area contributed by atoms with Crippen molar-refractivity contribution < 1.29 is 14.2 Å². The summed E-state index contributed by atoms with van der Waals surface area (Å²) in [5.74, 6) is 1.02. The van der Waals surface area contributed by atoms with Crippen molar-refractivity contribution in [2.75, 3.05) is 27.4 Å². The molecule has 1 saturated carbocycles. The Morgan fingerprint density at radius 3 is 2.79 bits per heavy atom. The molecule has 1 heterocycles. The monoisotopic (exact) mass is 333 g/mol. The van der Waals surface area contributed by atoms with E-state index in [4.69, 9.17) is 14.2 Å². The predicted octanol–water partition coefficient (Wildman–Crippen LogP) is 3.63. The standard InChI is InChI=1S/C20H31NO3/c1-4-13-24-18-8-6-5-7-16(18)15-21-12-11-20(23-3)10-9-17(22-2)14-19(20)21/h5-8,17,19H,4,9-15H2,1-3H3/t17-,19-,20+/m0/s1. The third-order valence-corrected chi connectivity index (χ3v) is 5.79. The molecule has 3 rings (SSSR count). The molecule has 0 radical (unpaired) electrons. The van der Waals surface area contributed by atoms with Gasteiger partial charge in [-0.05, 0) is 38.2 Å². The van der Waals surface area contributed by atoms with E-state index in [1.165, 1.54) is 5.56 Å². The molecule has 0 amide bonds. The van der Waals surface area contributed by atoms with Crippen molar-refractivity contribution in [1.29, 1.82) is 0 Å². The van der Waals surface area contributed by atoms with E-state index in [0.717, 1.165) is 57.6 Å². The molecule has 2 fully saturated rings. The number of ether oxygens (including phenoxy) is 3. The summed E-state index contributed by atoms with van der Waals surface area (Å²) in [5, 5.41) is 0. The second-order valence-electron chi connectivity index (χ2n) is 7.09. The Labute approximate surface area is 146 Å². The number of para-hydroxylation sites is 1. The molecule has 24 heavy (non-hydrogen) atoms. The van der Waals surface area contributed by atoms with E-state index in [1.807, 2.05) is 14.2 Å². The predicted molar refractivity (Wildman–Crippen MR) is 95.4 cm³/mol. The molecular weight excluding hydrogens is 302 g/mol. The summed E-state index contributed by atoms with van der Waals surface area (Å²) in [6.45, 7) is 4.92. The molecule has 4 nitrogen and oxygen atoms in total. The van der Waals surface area contributed by atoms with Crippen LogP contribution in [0.4, 0.5) is 0 Å². The van der Waals surface area contributed by atoms with E-state index in [2.05, 4.69) is 36.1 Å². The van der Waals surface area contributed by atoms with E-state index >= 15 is 0 Å². The Kier molecular flexibility index (Phi) is 5.80. The van der Waals surface area contributed by atoms with Gasteiger partial charge in [-0.2, -0.15) is 0 Å². The number of nitrogens with zero attached hydrogens (tertiary/aromatic N) is 1. The maximum absolute atomic E-state index is 6.03. The van der Waals surface area contributed by atoms with Gasteiger partial charge in [0.25, 0.3) is 0 Å². The maximum Gasteiger partial charge on any atom is 0.123 e. The van der Waals surface area contributed by atoms with Crippen LogP contribution in [0.1, 0.15) is 44.6 Å². The highest BCUT2D eigenvalue weighted by atomic mass is 16.5. The minimum atomic E-state index is 0.00818. The summed E-state index contributed by atoms with van der Waals surface area (Å²) in [7, 11) is 3.71. The van der Waals surface area contributed by atoms with Crippen LogP contribution in [-0.4, -0.2) is 50.0 Å². The van der Waals surface area contributed by atoms with Crippen molar-refractivity contribution >= 4 is 0 Å². The first kappa shape index (κ1) is 17.7. The van der Waals surface area contributed by atoms with E-state index in [-0.39, 0.29) is 5.60 Å². The molecule has 4 heteroatoms. The van der Waals surface area contributed by atoms with Crippen molar-refractivity contribution in [3.8, 4) is 5.75 Å². The van der Waals surface area contributed by atoms with Crippen LogP contribution in [-0.2, 0) is 16.0 Å². The molecule has 1 aliphatic carbocycles. The van der Waals surface area contributed by atoms with Crippen LogP contribution >= 0.6 is 0 Å². The highest BCUT2D eigenvalue weighted by molar-refractivity contribution is 5.33. The SMILES string of the molecule is CCCOc1ccccc1CN1CC[C@]2(OC)CC[C@H](OC)C[C@H]12. The number of rotatable bonds is 7. The first-order valence-corrected chi connectivity index (χ1v) is 9.25. The average Bonchev–Trinajstić information content (AvgIpc) is 2.99. The van der Waals surface area contributed by atoms with Gasteiger partial charge in [0.05, 0.1) is 18.3 Å². The van der Waals surface area contributed by atoms with Gasteiger partial charge in [-0.3, -0.25) is 4.90 Å². The zero-order valence-corrected chi connectivity index (χ0v) is 15.3. The summed E-state index contributed by atoms with van der Waals surface area (Å²) in [4.78, 5) is 2.57. The number of hydrogen-bond acceptors (Lipinski definition) is 4. The lowest BCUT2D eigenvalue weighted by Crippen LogP contribution is -2.51. The van der Waals surface area contributed by atoms with Gasteiger partial charge in [-0.1, -0.05) is 25.1 Å². The molecular formula is C20H31NO3. The molecule has 2 aliphatic rings. The van der Waals surface area contributed by atoms with Crippen molar-refractivity contribution in [3.63, 3.8) is 0 Å². The fraction of sp³-hybridized carbons (Fsp3) is 0.700. The van der Waals surface area contributed by atoms with E-state index in [9.17, 15) is 0 Å². The molecule has 1 aliphatic heterocycles. The summed E-state index contributed by atoms with van der Waals surface area (Å²) < 4.78 is 17.6. The fourth-order valence-electron chi connectivity index (χ4n) is 4.37. The van der Waals surface area contributed by atoms with Crippen LogP contribution in [0.2, 0.25) is 0 Å². The molecule has 1 saturated heterocycles. The van der Waals surface area contributed by atoms with Crippen LogP contribution in [0.3, 0.4) is 0 Å². The maximum atomic E-state index is 6.03. The van der Waals surface area contributed by atoms with Gasteiger partial charge in [-0.15, -0.1) is 0 Å². The third kappa shape index (κ3) is 3.46. The average molecular weight is 333 g/mol. The number of likely N-dealkylation sites (tertiary alicyclic amines) is 1. The van der Waals surface area contributed by atoms with E-state index in [1.54, 1.807) is 0 Å². The van der Waals surface area contributed by atoms with Gasteiger partial charge in [0.1, 0.15) is 5.75 Å². The Morgan fingerprint density at radius 2 is 2.04 bits per heavy atom. The zero-order valence-electron chi connectivity index (χ0n) is 15.3. The van der Waals surface area contributed by atoms with Gasteiger partial charge in [0.2, 0.25) is 0 Å². The van der Waals surface area contributed by atoms with Crippen LogP contribution in [0.25, 0.3) is 0 Å². The van der Waals surface area contributed by atoms with Crippen molar-refractivity contribution in [3.05, 3.63) is 29.8 Å². The fourth-order valence-corrected chi connectivity index (χ4v) is 4.37. The van der Waals surface area contributed by atoms with E-state index < -0.39 is 0 Å². The zero-order chi connectivity index (χ0) is 17.0. The molecule has 0 unspecified atom stereocenters. The summed E-state index contributed by atoms with van der Waals surface area (Å²) in [5.41, 5.74) is 1.28. The first-order chi connectivity index (χ1) is 11.7. The molecule has 1 aromatic carbocycles. The Balaban J connectivity index is 1.75. The second kappa shape index (κ2) is 7.85. The summed E-state index contributed by atoms with van der Waals surface area (Å²) in [6.07, 6.45) is 5.75. The lowest BCUT2D eigenvalue weighted by molar-refractivity contribution is -0.0947. The Hall–Kier alpha value is -1.10. The number of fused-ring (bicyclic) bond motifs is 1. The first-order valence-electron chi connectivity index (χ1n) is 9.25. The van der Waals surface area contributed by atoms with Gasteiger partial charge in [-0.25, -0.2) is 0 Å². The van der Waals surface area contributed by atoms with Crippen molar-refractivity contribution in [1.82, 2.24) is 4.90 Å². The largest absolute Gasteiger partial charge is 0.493 e. The molecule has 134 valence electrons. The topological polar surface area (TPSA) is 30.9 Å². The highest BCUT2D eigenvalue weighted by Crippen LogP contribution is 2.43. The molecule has 0 spiro atoms. The minimum Gasteiger partial charge on any atom is -0.493 e. The van der Waals surface area contributed by atoms with Gasteiger partial charge in [0, 0.05) is 38.9 Å².